The average Bonchev–Trinajstić information content (AvgIpc) is 2.43. The van der Waals surface area contributed by atoms with Crippen LogP contribution in [0.4, 0.5) is 5.82 Å². The van der Waals surface area contributed by atoms with Crippen molar-refractivity contribution < 1.29 is 0 Å². The van der Waals surface area contributed by atoms with Gasteiger partial charge in [-0.15, -0.1) is 0 Å². The van der Waals surface area contributed by atoms with Crippen LogP contribution >= 0.6 is 35.1 Å². The summed E-state index contributed by atoms with van der Waals surface area (Å²) in [6.45, 7) is 0. The molecule has 0 spiro atoms. The van der Waals surface area contributed by atoms with Crippen LogP contribution in [0.1, 0.15) is 11.1 Å². The summed E-state index contributed by atoms with van der Waals surface area (Å²) in [6.07, 6.45) is 0. The van der Waals surface area contributed by atoms with Crippen LogP contribution in [-0.2, 0) is 5.75 Å². The van der Waals surface area contributed by atoms with Crippen LogP contribution in [0.2, 0.25) is 10.2 Å². The van der Waals surface area contributed by atoms with Gasteiger partial charge in [-0.2, -0.15) is 10.4 Å². The average molecular weight is 327 g/mol. The second kappa shape index (κ2) is 6.66. The van der Waals surface area contributed by atoms with Gasteiger partial charge in [0.15, 0.2) is 0 Å². The molecule has 0 aliphatic rings. The Labute approximate surface area is 129 Å². The first-order chi connectivity index (χ1) is 9.60. The van der Waals surface area contributed by atoms with Gasteiger partial charge in [-0.3, -0.25) is 9.89 Å². The Morgan fingerprint density at radius 2 is 2.20 bits per heavy atom. The third-order valence-electron chi connectivity index (χ3n) is 2.34. The van der Waals surface area contributed by atoms with E-state index >= 15 is 0 Å². The number of nitrogens with zero attached hydrogens (tertiary/aromatic N) is 2. The number of nitriles is 1. The van der Waals surface area contributed by atoms with Gasteiger partial charge in [0.1, 0.15) is 5.15 Å². The van der Waals surface area contributed by atoms with Crippen LogP contribution in [0.15, 0.2) is 29.1 Å². The van der Waals surface area contributed by atoms with Crippen LogP contribution in [0.5, 0.6) is 0 Å². The first-order valence-electron chi connectivity index (χ1n) is 5.41. The molecule has 2 aromatic rings. The summed E-state index contributed by atoms with van der Waals surface area (Å²) < 4.78 is 2.81. The lowest BCUT2D eigenvalue weighted by Gasteiger charge is -2.06. The number of hydrogen-bond acceptors (Lipinski definition) is 5. The van der Waals surface area contributed by atoms with Crippen LogP contribution in [0.3, 0.4) is 0 Å². The highest BCUT2D eigenvalue weighted by Crippen LogP contribution is 2.22. The third-order valence-corrected chi connectivity index (χ3v) is 3.69. The Bertz CT molecular complexity index is 726. The summed E-state index contributed by atoms with van der Waals surface area (Å²) in [5.41, 5.74) is 1.03. The van der Waals surface area contributed by atoms with Crippen LogP contribution in [-0.4, -0.2) is 10.2 Å². The lowest BCUT2D eigenvalue weighted by Crippen LogP contribution is -2.09. The number of benzene rings is 1. The molecule has 1 aromatic carbocycles. The normalized spacial score (nSPS) is 10.1. The van der Waals surface area contributed by atoms with Crippen molar-refractivity contribution in [3.05, 3.63) is 55.8 Å². The molecule has 1 heterocycles. The van der Waals surface area contributed by atoms with E-state index in [0.29, 0.717) is 16.3 Å². The first-order valence-corrected chi connectivity index (χ1v) is 7.16. The predicted molar refractivity (Wildman–Crippen MR) is 81.0 cm³/mol. The maximum Gasteiger partial charge on any atom is 0.226 e. The van der Waals surface area contributed by atoms with E-state index in [0.717, 1.165) is 5.56 Å². The summed E-state index contributed by atoms with van der Waals surface area (Å²) in [5.74, 6) is 0.643. The predicted octanol–water partition coefficient (Wildman–Crippen LogP) is 3.21. The molecular weight excluding hydrogens is 319 g/mol. The fourth-order valence-corrected chi connectivity index (χ4v) is 2.54. The zero-order valence-electron chi connectivity index (χ0n) is 9.98. The topological polar surface area (TPSA) is 81.6 Å². The smallest absolute Gasteiger partial charge is 0.226 e. The van der Waals surface area contributed by atoms with Crippen molar-refractivity contribution in [3.8, 4) is 6.07 Å². The number of H-pyrrole nitrogens is 1. The molecule has 20 heavy (non-hydrogen) atoms. The van der Waals surface area contributed by atoms with E-state index < -0.39 is 0 Å². The summed E-state index contributed by atoms with van der Waals surface area (Å²) in [6, 6.07) is 8.31. The molecule has 0 aliphatic carbocycles. The molecule has 0 aliphatic heterocycles. The molecule has 0 radical (unpaired) electrons. The van der Waals surface area contributed by atoms with E-state index in [4.69, 9.17) is 28.5 Å². The van der Waals surface area contributed by atoms with Crippen molar-refractivity contribution in [2.75, 3.05) is 4.72 Å². The van der Waals surface area contributed by atoms with E-state index in [9.17, 15) is 4.79 Å². The van der Waals surface area contributed by atoms with Crippen molar-refractivity contribution >= 4 is 41.0 Å². The highest BCUT2D eigenvalue weighted by molar-refractivity contribution is 7.99. The number of aromatic nitrogens is 2. The van der Waals surface area contributed by atoms with Crippen molar-refractivity contribution in [2.24, 2.45) is 0 Å². The molecule has 102 valence electrons. The molecule has 0 unspecified atom stereocenters. The van der Waals surface area contributed by atoms with Gasteiger partial charge in [-0.1, -0.05) is 23.2 Å². The van der Waals surface area contributed by atoms with Gasteiger partial charge in [0.05, 0.1) is 11.6 Å². The SMILES string of the molecule is N#Cc1ccc(Cl)c(CSNc2n[nH]c(Cl)cc2=O)c1. The molecule has 0 saturated heterocycles. The van der Waals surface area contributed by atoms with E-state index in [1.54, 1.807) is 18.2 Å². The number of aromatic amines is 1. The Morgan fingerprint density at radius 3 is 2.90 bits per heavy atom. The molecule has 0 atom stereocenters. The fraction of sp³-hybridized carbons (Fsp3) is 0.0833. The summed E-state index contributed by atoms with van der Waals surface area (Å²) in [7, 11) is 0. The zero-order chi connectivity index (χ0) is 14.5. The second-order valence-corrected chi connectivity index (χ2v) is 5.33. The molecule has 1 aromatic heterocycles. The highest BCUT2D eigenvalue weighted by Gasteiger charge is 2.05. The standard InChI is InChI=1S/C12H8Cl2N4OS/c13-9-2-1-7(5-15)3-8(9)6-20-18-12-10(19)4-11(14)16-17-12/h1-4H,6H2,(H,16,19)(H,17,18). The molecule has 0 saturated carbocycles. The van der Waals surface area contributed by atoms with Crippen LogP contribution in [0.25, 0.3) is 0 Å². The number of nitrogens with one attached hydrogen (secondary N) is 2. The minimum Gasteiger partial charge on any atom is -0.309 e. The molecule has 0 bridgehead atoms. The largest absolute Gasteiger partial charge is 0.309 e. The van der Waals surface area contributed by atoms with Crippen molar-refractivity contribution in [2.45, 2.75) is 5.75 Å². The summed E-state index contributed by atoms with van der Waals surface area (Å²) in [5, 5.41) is 15.8. The highest BCUT2D eigenvalue weighted by atomic mass is 35.5. The minimum atomic E-state index is -0.307. The van der Waals surface area contributed by atoms with E-state index in [1.165, 1.54) is 18.0 Å². The molecule has 2 N–H and O–H groups in total. The van der Waals surface area contributed by atoms with Crippen LogP contribution in [0, 0.1) is 11.3 Å². The maximum absolute atomic E-state index is 11.5. The summed E-state index contributed by atoms with van der Waals surface area (Å²) >= 11 is 12.9. The van der Waals surface area contributed by atoms with Gasteiger partial charge in [-0.05, 0) is 35.7 Å². The van der Waals surface area contributed by atoms with Crippen LogP contribution < -0.4 is 10.2 Å². The second-order valence-electron chi connectivity index (χ2n) is 3.74. The molecule has 2 rings (SSSR count). The van der Waals surface area contributed by atoms with E-state index in [-0.39, 0.29) is 16.4 Å². The number of rotatable bonds is 4. The van der Waals surface area contributed by atoms with E-state index in [1.807, 2.05) is 6.07 Å². The maximum atomic E-state index is 11.5. The van der Waals surface area contributed by atoms with Gasteiger partial charge < -0.3 is 4.72 Å². The lowest BCUT2D eigenvalue weighted by molar-refractivity contribution is 1.03. The Hall–Kier alpha value is -1.68. The Kier molecular flexibility index (Phi) is 4.90. The lowest BCUT2D eigenvalue weighted by atomic mass is 10.1. The monoisotopic (exact) mass is 326 g/mol. The van der Waals surface area contributed by atoms with Gasteiger partial charge in [-0.25, -0.2) is 0 Å². The van der Waals surface area contributed by atoms with Crippen molar-refractivity contribution in [1.82, 2.24) is 10.2 Å². The number of anilines is 1. The minimum absolute atomic E-state index is 0.159. The Morgan fingerprint density at radius 1 is 1.40 bits per heavy atom. The fourth-order valence-electron chi connectivity index (χ4n) is 1.39. The molecule has 0 amide bonds. The quantitative estimate of drug-likeness (QED) is 0.843. The summed E-state index contributed by atoms with van der Waals surface area (Å²) in [4.78, 5) is 11.5. The third kappa shape index (κ3) is 3.67. The first kappa shape index (κ1) is 14.7. The molecule has 0 fully saturated rings. The van der Waals surface area contributed by atoms with Gasteiger partial charge in [0.25, 0.3) is 0 Å². The van der Waals surface area contributed by atoms with Gasteiger partial charge >= 0.3 is 0 Å². The van der Waals surface area contributed by atoms with E-state index in [2.05, 4.69) is 14.9 Å². The van der Waals surface area contributed by atoms with Crippen molar-refractivity contribution in [1.29, 1.82) is 5.26 Å². The molecular formula is C12H8Cl2N4OS. The van der Waals surface area contributed by atoms with Gasteiger partial charge in [0.2, 0.25) is 11.2 Å². The Balaban J connectivity index is 2.03. The molecule has 8 heteroatoms. The number of halogens is 2. The zero-order valence-corrected chi connectivity index (χ0v) is 12.3. The van der Waals surface area contributed by atoms with Crippen molar-refractivity contribution in [3.63, 3.8) is 0 Å². The van der Waals surface area contributed by atoms with Gasteiger partial charge in [0, 0.05) is 16.8 Å². The number of hydrogen-bond donors (Lipinski definition) is 2. The molecule has 5 nitrogen and oxygen atoms in total.